The zero-order valence-electron chi connectivity index (χ0n) is 8.23. The molecule has 17 heavy (non-hydrogen) atoms. The summed E-state index contributed by atoms with van der Waals surface area (Å²) >= 11 is 4.26. The molecule has 0 radical (unpaired) electrons. The minimum absolute atomic E-state index is 0.191. The standard InChI is InChI=1S/C10H5BrF2N2OS/c11-8-4-14-10(17-8)15(5-16)9-6(12)2-1-3-7(9)13/h1-5H. The van der Waals surface area contributed by atoms with Crippen LogP contribution in [0.1, 0.15) is 0 Å². The van der Waals surface area contributed by atoms with E-state index in [0.717, 1.165) is 28.4 Å². The van der Waals surface area contributed by atoms with Crippen molar-refractivity contribution in [3.63, 3.8) is 0 Å². The molecule has 0 aliphatic carbocycles. The Labute approximate surface area is 108 Å². The first-order chi connectivity index (χ1) is 8.13. The van der Waals surface area contributed by atoms with Crippen molar-refractivity contribution in [3.05, 3.63) is 39.8 Å². The summed E-state index contributed by atoms with van der Waals surface area (Å²) < 4.78 is 27.7. The zero-order chi connectivity index (χ0) is 12.4. The van der Waals surface area contributed by atoms with Gasteiger partial charge in [0.05, 0.1) is 9.98 Å². The molecule has 1 heterocycles. The number of anilines is 2. The quantitative estimate of drug-likeness (QED) is 0.812. The fourth-order valence-electron chi connectivity index (χ4n) is 1.27. The number of halogens is 3. The van der Waals surface area contributed by atoms with Crippen LogP contribution in [-0.2, 0) is 4.79 Å². The van der Waals surface area contributed by atoms with Crippen LogP contribution in [0, 0.1) is 11.6 Å². The molecule has 0 aliphatic heterocycles. The lowest BCUT2D eigenvalue weighted by Crippen LogP contribution is -2.16. The van der Waals surface area contributed by atoms with Crippen molar-refractivity contribution in [1.82, 2.24) is 4.98 Å². The van der Waals surface area contributed by atoms with Gasteiger partial charge in [-0.25, -0.2) is 13.8 Å². The van der Waals surface area contributed by atoms with Gasteiger partial charge >= 0.3 is 0 Å². The summed E-state index contributed by atoms with van der Waals surface area (Å²) in [6.07, 6.45) is 1.78. The summed E-state index contributed by atoms with van der Waals surface area (Å²) in [5.74, 6) is -1.63. The van der Waals surface area contributed by atoms with E-state index in [9.17, 15) is 13.6 Å². The molecule has 0 fully saturated rings. The van der Waals surface area contributed by atoms with E-state index in [0.29, 0.717) is 10.2 Å². The van der Waals surface area contributed by atoms with Crippen LogP contribution in [-0.4, -0.2) is 11.4 Å². The van der Waals surface area contributed by atoms with E-state index in [-0.39, 0.29) is 5.13 Å². The van der Waals surface area contributed by atoms with Crippen LogP contribution in [0.4, 0.5) is 19.6 Å². The molecule has 0 saturated heterocycles. The molecule has 0 atom stereocenters. The van der Waals surface area contributed by atoms with Crippen LogP contribution < -0.4 is 4.90 Å². The molecule has 7 heteroatoms. The SMILES string of the molecule is O=CN(c1ncc(Br)s1)c1c(F)cccc1F. The number of thiazole rings is 1. The first-order valence-electron chi connectivity index (χ1n) is 4.43. The summed E-state index contributed by atoms with van der Waals surface area (Å²) in [6, 6.07) is 3.39. The van der Waals surface area contributed by atoms with E-state index < -0.39 is 17.3 Å². The van der Waals surface area contributed by atoms with Gasteiger partial charge in [-0.2, -0.15) is 0 Å². The molecule has 3 nitrogen and oxygen atoms in total. The van der Waals surface area contributed by atoms with Gasteiger partial charge in [0, 0.05) is 0 Å². The second kappa shape index (κ2) is 4.89. The van der Waals surface area contributed by atoms with Gasteiger partial charge in [-0.05, 0) is 28.1 Å². The van der Waals surface area contributed by atoms with Crippen molar-refractivity contribution in [3.8, 4) is 0 Å². The smallest absolute Gasteiger partial charge is 0.220 e. The monoisotopic (exact) mass is 318 g/mol. The number of benzene rings is 1. The largest absolute Gasteiger partial charge is 0.278 e. The highest BCUT2D eigenvalue weighted by atomic mass is 79.9. The van der Waals surface area contributed by atoms with E-state index in [4.69, 9.17) is 0 Å². The highest BCUT2D eigenvalue weighted by Crippen LogP contribution is 2.33. The second-order valence-corrected chi connectivity index (χ2v) is 5.38. The van der Waals surface area contributed by atoms with Gasteiger partial charge < -0.3 is 0 Å². The van der Waals surface area contributed by atoms with Gasteiger partial charge in [0.2, 0.25) is 6.41 Å². The fourth-order valence-corrected chi connectivity index (χ4v) is 2.42. The molecular weight excluding hydrogens is 314 g/mol. The fraction of sp³-hybridized carbons (Fsp3) is 0. The number of nitrogens with zero attached hydrogens (tertiary/aromatic N) is 2. The third kappa shape index (κ3) is 2.34. The van der Waals surface area contributed by atoms with Gasteiger partial charge in [0.15, 0.2) is 5.13 Å². The minimum Gasteiger partial charge on any atom is -0.278 e. The van der Waals surface area contributed by atoms with Gasteiger partial charge in [0.25, 0.3) is 0 Å². The van der Waals surface area contributed by atoms with Crippen LogP contribution in [0.25, 0.3) is 0 Å². The second-order valence-electron chi connectivity index (χ2n) is 2.99. The Morgan fingerprint density at radius 1 is 1.35 bits per heavy atom. The van der Waals surface area contributed by atoms with Crippen molar-refractivity contribution < 1.29 is 13.6 Å². The van der Waals surface area contributed by atoms with E-state index in [2.05, 4.69) is 20.9 Å². The number of aromatic nitrogens is 1. The van der Waals surface area contributed by atoms with Crippen LogP contribution in [0.15, 0.2) is 28.2 Å². The van der Waals surface area contributed by atoms with E-state index >= 15 is 0 Å². The number of rotatable bonds is 3. The topological polar surface area (TPSA) is 33.2 Å². The number of hydrogen-bond donors (Lipinski definition) is 0. The number of carbonyl (C=O) groups excluding carboxylic acids is 1. The summed E-state index contributed by atoms with van der Waals surface area (Å²) in [7, 11) is 0. The first-order valence-corrected chi connectivity index (χ1v) is 6.04. The summed E-state index contributed by atoms with van der Waals surface area (Å²) in [5, 5.41) is 0.191. The molecule has 2 aromatic rings. The van der Waals surface area contributed by atoms with Gasteiger partial charge in [-0.3, -0.25) is 9.69 Å². The van der Waals surface area contributed by atoms with Crippen molar-refractivity contribution in [2.45, 2.75) is 0 Å². The Morgan fingerprint density at radius 2 is 2.00 bits per heavy atom. The molecular formula is C10H5BrF2N2OS. The summed E-state index contributed by atoms with van der Waals surface area (Å²) in [4.78, 5) is 15.7. The normalized spacial score (nSPS) is 10.3. The van der Waals surface area contributed by atoms with E-state index in [1.165, 1.54) is 12.3 Å². The molecule has 0 N–H and O–H groups in total. The Balaban J connectivity index is 2.53. The number of amides is 1. The predicted octanol–water partition coefficient (Wildman–Crippen LogP) is 3.48. The molecule has 1 aromatic carbocycles. The zero-order valence-corrected chi connectivity index (χ0v) is 10.6. The maximum absolute atomic E-state index is 13.5. The van der Waals surface area contributed by atoms with Crippen LogP contribution in [0.3, 0.4) is 0 Å². The predicted molar refractivity (Wildman–Crippen MR) is 64.4 cm³/mol. The minimum atomic E-state index is -0.816. The number of para-hydroxylation sites is 1. The lowest BCUT2D eigenvalue weighted by atomic mass is 10.3. The first kappa shape index (κ1) is 12.1. The van der Waals surface area contributed by atoms with Gasteiger partial charge in [0.1, 0.15) is 17.3 Å². The summed E-state index contributed by atoms with van der Waals surface area (Å²) in [6.45, 7) is 0. The van der Waals surface area contributed by atoms with Crippen LogP contribution in [0.5, 0.6) is 0 Å². The highest BCUT2D eigenvalue weighted by Gasteiger charge is 2.20. The van der Waals surface area contributed by atoms with E-state index in [1.54, 1.807) is 0 Å². The lowest BCUT2D eigenvalue weighted by molar-refractivity contribution is -0.106. The maximum Gasteiger partial charge on any atom is 0.220 e. The molecule has 0 saturated carbocycles. The van der Waals surface area contributed by atoms with Crippen molar-refractivity contribution in [2.75, 3.05) is 4.90 Å². The van der Waals surface area contributed by atoms with Gasteiger partial charge in [-0.1, -0.05) is 17.4 Å². The lowest BCUT2D eigenvalue weighted by Gasteiger charge is -2.15. The Hall–Kier alpha value is -1.34. The van der Waals surface area contributed by atoms with Crippen molar-refractivity contribution >= 4 is 44.5 Å². The Bertz CT molecular complexity index is 541. The average Bonchev–Trinajstić information content (AvgIpc) is 2.70. The molecule has 88 valence electrons. The summed E-state index contributed by atoms with van der Waals surface area (Å²) in [5.41, 5.74) is -0.427. The molecule has 0 bridgehead atoms. The third-order valence-corrected chi connectivity index (χ3v) is 3.43. The molecule has 0 aliphatic rings. The molecule has 0 unspecified atom stereocenters. The molecule has 1 amide bonds. The van der Waals surface area contributed by atoms with Crippen molar-refractivity contribution in [1.29, 1.82) is 0 Å². The molecule has 2 rings (SSSR count). The van der Waals surface area contributed by atoms with E-state index in [1.807, 2.05) is 0 Å². The molecule has 1 aromatic heterocycles. The highest BCUT2D eigenvalue weighted by molar-refractivity contribution is 9.11. The Kier molecular flexibility index (Phi) is 3.49. The average molecular weight is 319 g/mol. The molecule has 0 spiro atoms. The van der Waals surface area contributed by atoms with Crippen LogP contribution >= 0.6 is 27.3 Å². The maximum atomic E-state index is 13.5. The number of hydrogen-bond acceptors (Lipinski definition) is 3. The van der Waals surface area contributed by atoms with Crippen molar-refractivity contribution in [2.24, 2.45) is 0 Å². The van der Waals surface area contributed by atoms with Gasteiger partial charge in [-0.15, -0.1) is 0 Å². The third-order valence-electron chi connectivity index (χ3n) is 1.96. The van der Waals surface area contributed by atoms with Crippen LogP contribution in [0.2, 0.25) is 0 Å². The Morgan fingerprint density at radius 3 is 2.47 bits per heavy atom. The number of carbonyl (C=O) groups is 1.